The van der Waals surface area contributed by atoms with Gasteiger partial charge < -0.3 is 10.4 Å². The van der Waals surface area contributed by atoms with Gasteiger partial charge in [-0.1, -0.05) is 12.1 Å². The Hall–Kier alpha value is -2.14. The summed E-state index contributed by atoms with van der Waals surface area (Å²) in [5, 5.41) is 11.9. The first-order chi connectivity index (χ1) is 10.9. The molecule has 0 spiro atoms. The number of carbonyl (C=O) groups excluding carboxylic acids is 1. The normalized spacial score (nSPS) is 12.0. The molecule has 0 radical (unpaired) electrons. The summed E-state index contributed by atoms with van der Waals surface area (Å²) >= 11 is 1.74. The molecule has 0 fully saturated rings. The third kappa shape index (κ3) is 4.66. The van der Waals surface area contributed by atoms with Gasteiger partial charge in [0.2, 0.25) is 5.91 Å². The minimum absolute atomic E-state index is 0.00170. The predicted octanol–water partition coefficient (Wildman–Crippen LogP) is 3.87. The molecule has 23 heavy (non-hydrogen) atoms. The van der Waals surface area contributed by atoms with Crippen molar-refractivity contribution in [3.63, 3.8) is 0 Å². The largest absolute Gasteiger partial charge is 0.478 e. The van der Waals surface area contributed by atoms with Gasteiger partial charge in [-0.2, -0.15) is 0 Å². The summed E-state index contributed by atoms with van der Waals surface area (Å²) in [6.07, 6.45) is 0.985. The molecule has 1 aromatic heterocycles. The summed E-state index contributed by atoms with van der Waals surface area (Å²) < 4.78 is 0. The lowest BCUT2D eigenvalue weighted by Gasteiger charge is -2.14. The maximum Gasteiger partial charge on any atom is 0.335 e. The fourth-order valence-corrected chi connectivity index (χ4v) is 3.57. The molecule has 1 atom stereocenters. The van der Waals surface area contributed by atoms with Crippen molar-refractivity contribution in [1.29, 1.82) is 0 Å². The second-order valence-electron chi connectivity index (χ2n) is 5.66. The third-order valence-corrected chi connectivity index (χ3v) is 4.75. The summed E-state index contributed by atoms with van der Waals surface area (Å²) in [6.45, 7) is 6.13. The lowest BCUT2D eigenvalue weighted by molar-refractivity contribution is -0.121. The molecule has 1 amide bonds. The molecule has 1 heterocycles. The number of aryl methyl sites for hydroxylation is 3. The summed E-state index contributed by atoms with van der Waals surface area (Å²) in [5.74, 6) is -0.937. The molecule has 5 heteroatoms. The SMILES string of the molecule is Cc1cc(C(C)NC(=O)CCc2ccc(C(=O)O)cc2)c(C)s1. The molecule has 0 aliphatic heterocycles. The molecular weight excluding hydrogens is 310 g/mol. The van der Waals surface area contributed by atoms with Crippen LogP contribution in [0, 0.1) is 13.8 Å². The Labute approximate surface area is 140 Å². The highest BCUT2D eigenvalue weighted by Gasteiger charge is 2.13. The number of aromatic carboxylic acids is 1. The van der Waals surface area contributed by atoms with Gasteiger partial charge >= 0.3 is 5.97 Å². The van der Waals surface area contributed by atoms with E-state index in [1.165, 1.54) is 15.3 Å². The van der Waals surface area contributed by atoms with Crippen molar-refractivity contribution in [2.45, 2.75) is 39.7 Å². The van der Waals surface area contributed by atoms with Crippen LogP contribution in [-0.4, -0.2) is 17.0 Å². The van der Waals surface area contributed by atoms with Gasteiger partial charge in [0, 0.05) is 16.2 Å². The van der Waals surface area contributed by atoms with Crippen LogP contribution in [0.5, 0.6) is 0 Å². The lowest BCUT2D eigenvalue weighted by atomic mass is 10.1. The third-order valence-electron chi connectivity index (χ3n) is 3.76. The van der Waals surface area contributed by atoms with Crippen molar-refractivity contribution in [3.8, 4) is 0 Å². The highest BCUT2D eigenvalue weighted by molar-refractivity contribution is 7.12. The van der Waals surface area contributed by atoms with E-state index in [0.717, 1.165) is 5.56 Å². The van der Waals surface area contributed by atoms with Crippen LogP contribution in [0.1, 0.15) is 50.6 Å². The number of rotatable bonds is 6. The van der Waals surface area contributed by atoms with Gasteiger partial charge in [0.25, 0.3) is 0 Å². The first kappa shape index (κ1) is 17.2. The summed E-state index contributed by atoms with van der Waals surface area (Å²) in [5.41, 5.74) is 2.39. The Balaban J connectivity index is 1.87. The molecule has 2 rings (SSSR count). The zero-order chi connectivity index (χ0) is 17.0. The van der Waals surface area contributed by atoms with Gasteiger partial charge in [0.15, 0.2) is 0 Å². The molecule has 0 bridgehead atoms. The van der Waals surface area contributed by atoms with Crippen LogP contribution in [0.2, 0.25) is 0 Å². The average Bonchev–Trinajstić information content (AvgIpc) is 2.84. The van der Waals surface area contributed by atoms with Gasteiger partial charge in [-0.05, 0) is 56.5 Å². The smallest absolute Gasteiger partial charge is 0.335 e. The first-order valence-corrected chi connectivity index (χ1v) is 8.37. The van der Waals surface area contributed by atoms with Gasteiger partial charge in [0.1, 0.15) is 0 Å². The van der Waals surface area contributed by atoms with Crippen LogP contribution >= 0.6 is 11.3 Å². The quantitative estimate of drug-likeness (QED) is 0.844. The Morgan fingerprint density at radius 1 is 1.22 bits per heavy atom. The number of carboxylic acid groups (broad SMARTS) is 1. The molecule has 122 valence electrons. The Bertz CT molecular complexity index is 704. The summed E-state index contributed by atoms with van der Waals surface area (Å²) in [4.78, 5) is 25.4. The number of amides is 1. The zero-order valence-corrected chi connectivity index (χ0v) is 14.4. The molecule has 2 N–H and O–H groups in total. The van der Waals surface area contributed by atoms with Crippen LogP contribution in [0.15, 0.2) is 30.3 Å². The predicted molar refractivity (Wildman–Crippen MR) is 92.1 cm³/mol. The van der Waals surface area contributed by atoms with E-state index in [4.69, 9.17) is 5.11 Å². The van der Waals surface area contributed by atoms with E-state index in [0.29, 0.717) is 12.8 Å². The van der Waals surface area contributed by atoms with Crippen LogP contribution in [0.3, 0.4) is 0 Å². The number of thiophene rings is 1. The lowest BCUT2D eigenvalue weighted by Crippen LogP contribution is -2.26. The van der Waals surface area contributed by atoms with Crippen LogP contribution < -0.4 is 5.32 Å². The molecule has 0 aliphatic carbocycles. The second-order valence-corrected chi connectivity index (χ2v) is 7.12. The molecule has 0 aliphatic rings. The van der Waals surface area contributed by atoms with Crippen LogP contribution in [-0.2, 0) is 11.2 Å². The highest BCUT2D eigenvalue weighted by Crippen LogP contribution is 2.26. The number of carboxylic acids is 1. The minimum atomic E-state index is -0.940. The molecule has 4 nitrogen and oxygen atoms in total. The van der Waals surface area contributed by atoms with Crippen LogP contribution in [0.25, 0.3) is 0 Å². The molecule has 1 aromatic carbocycles. The Morgan fingerprint density at radius 3 is 2.39 bits per heavy atom. The van der Waals surface area contributed by atoms with Crippen molar-refractivity contribution < 1.29 is 14.7 Å². The summed E-state index contributed by atoms with van der Waals surface area (Å²) in [7, 11) is 0. The van der Waals surface area contributed by atoms with Crippen molar-refractivity contribution in [2.75, 3.05) is 0 Å². The Morgan fingerprint density at radius 2 is 1.87 bits per heavy atom. The van der Waals surface area contributed by atoms with E-state index in [1.54, 1.807) is 35.6 Å². The van der Waals surface area contributed by atoms with E-state index in [1.807, 2.05) is 6.92 Å². The molecule has 1 unspecified atom stereocenters. The average molecular weight is 331 g/mol. The van der Waals surface area contributed by atoms with E-state index in [-0.39, 0.29) is 17.5 Å². The number of hydrogen-bond acceptors (Lipinski definition) is 3. The van der Waals surface area contributed by atoms with Crippen molar-refractivity contribution in [1.82, 2.24) is 5.32 Å². The van der Waals surface area contributed by atoms with Crippen LogP contribution in [0.4, 0.5) is 0 Å². The number of carbonyl (C=O) groups is 2. The zero-order valence-electron chi connectivity index (χ0n) is 13.6. The van der Waals surface area contributed by atoms with E-state index in [2.05, 4.69) is 25.2 Å². The Kier molecular flexibility index (Phi) is 5.55. The van der Waals surface area contributed by atoms with E-state index in [9.17, 15) is 9.59 Å². The first-order valence-electron chi connectivity index (χ1n) is 7.55. The minimum Gasteiger partial charge on any atom is -0.478 e. The van der Waals surface area contributed by atoms with E-state index < -0.39 is 5.97 Å². The van der Waals surface area contributed by atoms with Crippen molar-refractivity contribution in [2.24, 2.45) is 0 Å². The second kappa shape index (κ2) is 7.42. The van der Waals surface area contributed by atoms with Gasteiger partial charge in [-0.15, -0.1) is 11.3 Å². The maximum absolute atomic E-state index is 12.1. The highest BCUT2D eigenvalue weighted by atomic mass is 32.1. The molecule has 0 saturated heterocycles. The standard InChI is InChI=1S/C18H21NO3S/c1-11-10-16(13(3)23-11)12(2)19-17(20)9-6-14-4-7-15(8-5-14)18(21)22/h4-5,7-8,10,12H,6,9H2,1-3H3,(H,19,20)(H,21,22). The monoisotopic (exact) mass is 331 g/mol. The fourth-order valence-electron chi connectivity index (χ4n) is 2.54. The molecular formula is C18H21NO3S. The van der Waals surface area contributed by atoms with Crippen molar-refractivity contribution >= 4 is 23.2 Å². The maximum atomic E-state index is 12.1. The number of nitrogens with one attached hydrogen (secondary N) is 1. The van der Waals surface area contributed by atoms with Gasteiger partial charge in [-0.25, -0.2) is 4.79 Å². The number of hydrogen-bond donors (Lipinski definition) is 2. The van der Waals surface area contributed by atoms with Gasteiger partial charge in [0.05, 0.1) is 11.6 Å². The molecule has 2 aromatic rings. The number of benzene rings is 1. The summed E-state index contributed by atoms with van der Waals surface area (Å²) in [6, 6.07) is 8.77. The topological polar surface area (TPSA) is 66.4 Å². The molecule has 0 saturated carbocycles. The van der Waals surface area contributed by atoms with E-state index >= 15 is 0 Å². The van der Waals surface area contributed by atoms with Crippen molar-refractivity contribution in [3.05, 3.63) is 56.8 Å². The fraction of sp³-hybridized carbons (Fsp3) is 0.333. The van der Waals surface area contributed by atoms with Gasteiger partial charge in [-0.3, -0.25) is 4.79 Å².